The highest BCUT2D eigenvalue weighted by Crippen LogP contribution is 2.26. The van der Waals surface area contributed by atoms with Crippen molar-refractivity contribution in [3.8, 4) is 0 Å². The van der Waals surface area contributed by atoms with E-state index in [2.05, 4.69) is 42.2 Å². The van der Waals surface area contributed by atoms with E-state index in [0.717, 1.165) is 12.5 Å². The van der Waals surface area contributed by atoms with E-state index in [9.17, 15) is 0 Å². The molecule has 0 unspecified atom stereocenters. The van der Waals surface area contributed by atoms with Crippen LogP contribution in [0.2, 0.25) is 0 Å². The fourth-order valence-electron chi connectivity index (χ4n) is 2.24. The Labute approximate surface area is 86.9 Å². The Bertz CT molecular complexity index is 247. The van der Waals surface area contributed by atoms with Crippen LogP contribution in [0.15, 0.2) is 23.9 Å². The van der Waals surface area contributed by atoms with Gasteiger partial charge in [-0.25, -0.2) is 0 Å². The van der Waals surface area contributed by atoms with Crippen molar-refractivity contribution in [2.45, 2.75) is 12.8 Å². The predicted molar refractivity (Wildman–Crippen MR) is 60.1 cm³/mol. The summed E-state index contributed by atoms with van der Waals surface area (Å²) < 4.78 is 0. The van der Waals surface area contributed by atoms with Crippen molar-refractivity contribution in [2.24, 2.45) is 5.92 Å². The molecule has 0 aromatic rings. The van der Waals surface area contributed by atoms with Gasteiger partial charge in [0.2, 0.25) is 0 Å². The Balaban J connectivity index is 1.93. The Morgan fingerprint density at radius 1 is 1.21 bits per heavy atom. The maximum absolute atomic E-state index is 2.43. The van der Waals surface area contributed by atoms with Crippen molar-refractivity contribution >= 4 is 0 Å². The lowest BCUT2D eigenvalue weighted by atomic mass is 9.88. The average Bonchev–Trinajstić information content (AvgIpc) is 2.21. The molecule has 0 aromatic carbocycles. The number of hydrogen-bond donors (Lipinski definition) is 0. The van der Waals surface area contributed by atoms with Crippen LogP contribution in [-0.2, 0) is 0 Å². The van der Waals surface area contributed by atoms with Crippen LogP contribution < -0.4 is 0 Å². The lowest BCUT2D eigenvalue weighted by Gasteiger charge is -2.31. The summed E-state index contributed by atoms with van der Waals surface area (Å²) in [6, 6.07) is 0. The fourth-order valence-corrected chi connectivity index (χ4v) is 2.24. The number of rotatable bonds is 1. The smallest absolute Gasteiger partial charge is 0.0356 e. The summed E-state index contributed by atoms with van der Waals surface area (Å²) in [6.45, 7) is 3.59. The van der Waals surface area contributed by atoms with Gasteiger partial charge in [0.05, 0.1) is 0 Å². The molecule has 0 amide bonds. The van der Waals surface area contributed by atoms with Gasteiger partial charge in [-0.1, -0.05) is 6.08 Å². The first-order chi connectivity index (χ1) is 6.75. The first-order valence-electron chi connectivity index (χ1n) is 5.53. The van der Waals surface area contributed by atoms with E-state index in [1.165, 1.54) is 25.9 Å². The molecule has 2 aliphatic rings. The zero-order valence-corrected chi connectivity index (χ0v) is 9.24. The summed E-state index contributed by atoms with van der Waals surface area (Å²) in [7, 11) is 4.34. The summed E-state index contributed by atoms with van der Waals surface area (Å²) in [5.41, 5.74) is 1.57. The van der Waals surface area contributed by atoms with Gasteiger partial charge in [0.15, 0.2) is 0 Å². The zero-order valence-electron chi connectivity index (χ0n) is 9.24. The van der Waals surface area contributed by atoms with Crippen molar-refractivity contribution in [1.29, 1.82) is 0 Å². The molecule has 0 saturated carbocycles. The quantitative estimate of drug-likeness (QED) is 0.624. The Hall–Kier alpha value is -0.760. The fraction of sp³-hybridized carbons (Fsp3) is 0.667. The van der Waals surface area contributed by atoms with E-state index >= 15 is 0 Å². The molecule has 1 fully saturated rings. The van der Waals surface area contributed by atoms with Crippen molar-refractivity contribution in [3.63, 3.8) is 0 Å². The summed E-state index contributed by atoms with van der Waals surface area (Å²) in [6.07, 6.45) is 9.54. The molecule has 0 N–H and O–H groups in total. The second kappa shape index (κ2) is 4.18. The van der Waals surface area contributed by atoms with Crippen LogP contribution in [0.25, 0.3) is 0 Å². The first-order valence-corrected chi connectivity index (χ1v) is 5.53. The minimum atomic E-state index is 0.816. The first kappa shape index (κ1) is 9.78. The van der Waals surface area contributed by atoms with Gasteiger partial charge in [-0.3, -0.25) is 0 Å². The SMILES string of the molecule is CN1C=CC(C2CCN(C)CC2)=CC1. The topological polar surface area (TPSA) is 6.48 Å². The molecule has 2 aliphatic heterocycles. The number of piperidine rings is 1. The lowest BCUT2D eigenvalue weighted by molar-refractivity contribution is 0.239. The second-order valence-electron chi connectivity index (χ2n) is 4.54. The molecular formula is C12H20N2. The van der Waals surface area contributed by atoms with Crippen molar-refractivity contribution in [1.82, 2.24) is 9.80 Å². The highest BCUT2D eigenvalue weighted by molar-refractivity contribution is 5.25. The van der Waals surface area contributed by atoms with Gasteiger partial charge in [0.25, 0.3) is 0 Å². The zero-order chi connectivity index (χ0) is 9.97. The molecular weight excluding hydrogens is 172 g/mol. The van der Waals surface area contributed by atoms with Crippen LogP contribution in [0.1, 0.15) is 12.8 Å². The molecule has 2 nitrogen and oxygen atoms in total. The van der Waals surface area contributed by atoms with Crippen LogP contribution in [-0.4, -0.2) is 43.5 Å². The van der Waals surface area contributed by atoms with Crippen LogP contribution in [0.3, 0.4) is 0 Å². The molecule has 14 heavy (non-hydrogen) atoms. The summed E-state index contributed by atoms with van der Waals surface area (Å²) in [5, 5.41) is 0. The second-order valence-corrected chi connectivity index (χ2v) is 4.54. The van der Waals surface area contributed by atoms with Gasteiger partial charge in [0.1, 0.15) is 0 Å². The molecule has 2 heteroatoms. The minimum absolute atomic E-state index is 0.816. The maximum atomic E-state index is 2.43. The molecule has 78 valence electrons. The summed E-state index contributed by atoms with van der Waals surface area (Å²) in [5.74, 6) is 0.816. The van der Waals surface area contributed by atoms with Gasteiger partial charge < -0.3 is 9.80 Å². The molecule has 0 radical (unpaired) electrons. The van der Waals surface area contributed by atoms with Gasteiger partial charge >= 0.3 is 0 Å². The predicted octanol–water partition coefficient (Wildman–Crippen LogP) is 1.71. The Morgan fingerprint density at radius 2 is 1.93 bits per heavy atom. The standard InChI is InChI=1S/C12H20N2/c1-13-7-3-11(4-8-13)12-5-9-14(2)10-6-12/h3-4,7,12H,5-6,8-10H2,1-2H3. The number of nitrogens with zero attached hydrogens (tertiary/aromatic N) is 2. The molecule has 0 aliphatic carbocycles. The van der Waals surface area contributed by atoms with E-state index in [4.69, 9.17) is 0 Å². The number of likely N-dealkylation sites (N-methyl/N-ethyl adjacent to an activating group) is 1. The van der Waals surface area contributed by atoms with Gasteiger partial charge in [-0.15, -0.1) is 0 Å². The molecule has 2 rings (SSSR count). The monoisotopic (exact) mass is 192 g/mol. The normalized spacial score (nSPS) is 25.3. The molecule has 0 aromatic heterocycles. The van der Waals surface area contributed by atoms with Crippen LogP contribution in [0.4, 0.5) is 0 Å². The van der Waals surface area contributed by atoms with E-state index in [1.54, 1.807) is 5.57 Å². The molecule has 0 spiro atoms. The van der Waals surface area contributed by atoms with E-state index in [0.29, 0.717) is 0 Å². The highest BCUT2D eigenvalue weighted by Gasteiger charge is 2.19. The van der Waals surface area contributed by atoms with Crippen molar-refractivity contribution in [3.05, 3.63) is 23.9 Å². The maximum Gasteiger partial charge on any atom is 0.0356 e. The Kier molecular flexibility index (Phi) is 2.92. The molecule has 1 saturated heterocycles. The minimum Gasteiger partial charge on any atom is -0.377 e. The third-order valence-electron chi connectivity index (χ3n) is 3.33. The summed E-state index contributed by atoms with van der Waals surface area (Å²) in [4.78, 5) is 4.65. The van der Waals surface area contributed by atoms with Crippen LogP contribution >= 0.6 is 0 Å². The van der Waals surface area contributed by atoms with Gasteiger partial charge in [0, 0.05) is 13.6 Å². The van der Waals surface area contributed by atoms with Crippen LogP contribution in [0.5, 0.6) is 0 Å². The number of likely N-dealkylation sites (tertiary alicyclic amines) is 1. The van der Waals surface area contributed by atoms with Crippen molar-refractivity contribution in [2.75, 3.05) is 33.7 Å². The van der Waals surface area contributed by atoms with Gasteiger partial charge in [-0.2, -0.15) is 0 Å². The molecule has 0 atom stereocenters. The van der Waals surface area contributed by atoms with E-state index in [-0.39, 0.29) is 0 Å². The average molecular weight is 192 g/mol. The Morgan fingerprint density at radius 3 is 2.50 bits per heavy atom. The largest absolute Gasteiger partial charge is 0.377 e. The summed E-state index contributed by atoms with van der Waals surface area (Å²) >= 11 is 0. The van der Waals surface area contributed by atoms with E-state index < -0.39 is 0 Å². The third-order valence-corrected chi connectivity index (χ3v) is 3.33. The van der Waals surface area contributed by atoms with Crippen molar-refractivity contribution < 1.29 is 0 Å². The van der Waals surface area contributed by atoms with E-state index in [1.807, 2.05) is 0 Å². The lowest BCUT2D eigenvalue weighted by Crippen LogP contribution is -2.31. The molecule has 2 heterocycles. The van der Waals surface area contributed by atoms with Crippen LogP contribution in [0, 0.1) is 5.92 Å². The highest BCUT2D eigenvalue weighted by atomic mass is 15.1. The number of allylic oxidation sites excluding steroid dienone is 2. The third kappa shape index (κ3) is 2.18. The molecule has 0 bridgehead atoms. The number of hydrogen-bond acceptors (Lipinski definition) is 2. The van der Waals surface area contributed by atoms with Gasteiger partial charge in [-0.05, 0) is 56.7 Å².